The molecule has 0 aliphatic rings. The number of sulfonamides is 1. The van der Waals surface area contributed by atoms with Gasteiger partial charge in [-0.2, -0.15) is 18.3 Å². The van der Waals surface area contributed by atoms with Gasteiger partial charge in [-0.15, -0.1) is 0 Å². The lowest BCUT2D eigenvalue weighted by molar-refractivity contribution is -0.137. The molecule has 1 N–H and O–H groups in total. The van der Waals surface area contributed by atoms with Gasteiger partial charge in [-0.3, -0.25) is 0 Å². The SMILES string of the molecule is CC(C)NS(=O)(=O)c1ccnn1-c1cc(C(F)(F)F)ccc1F. The van der Waals surface area contributed by atoms with Gasteiger partial charge in [-0.05, 0) is 38.1 Å². The predicted molar refractivity (Wildman–Crippen MR) is 74.0 cm³/mol. The van der Waals surface area contributed by atoms with Crippen LogP contribution in [0.1, 0.15) is 19.4 Å². The minimum absolute atomic E-state index is 0.449. The van der Waals surface area contributed by atoms with E-state index >= 15 is 0 Å². The Hall–Kier alpha value is -1.94. The largest absolute Gasteiger partial charge is 0.416 e. The van der Waals surface area contributed by atoms with E-state index in [0.29, 0.717) is 22.9 Å². The fourth-order valence-electron chi connectivity index (χ4n) is 1.90. The van der Waals surface area contributed by atoms with E-state index in [4.69, 9.17) is 0 Å². The molecule has 0 saturated carbocycles. The summed E-state index contributed by atoms with van der Waals surface area (Å²) < 4.78 is 79.4. The topological polar surface area (TPSA) is 64.0 Å². The first kappa shape index (κ1) is 17.4. The normalized spacial score (nSPS) is 12.8. The number of aromatic nitrogens is 2. The van der Waals surface area contributed by atoms with E-state index in [1.165, 1.54) is 0 Å². The van der Waals surface area contributed by atoms with Gasteiger partial charge in [0.25, 0.3) is 10.0 Å². The van der Waals surface area contributed by atoms with E-state index in [1.54, 1.807) is 13.8 Å². The Morgan fingerprint density at radius 3 is 2.43 bits per heavy atom. The van der Waals surface area contributed by atoms with Crippen LogP contribution in [0.2, 0.25) is 0 Å². The molecular weight excluding hydrogens is 338 g/mol. The van der Waals surface area contributed by atoms with E-state index in [-0.39, 0.29) is 0 Å². The van der Waals surface area contributed by atoms with Crippen LogP contribution in [0.5, 0.6) is 0 Å². The van der Waals surface area contributed by atoms with Crippen molar-refractivity contribution in [3.8, 4) is 5.69 Å². The van der Waals surface area contributed by atoms with Crippen molar-refractivity contribution in [3.63, 3.8) is 0 Å². The summed E-state index contributed by atoms with van der Waals surface area (Å²) in [5, 5.41) is 3.18. The molecule has 0 radical (unpaired) electrons. The molecule has 10 heteroatoms. The lowest BCUT2D eigenvalue weighted by Crippen LogP contribution is -2.31. The van der Waals surface area contributed by atoms with Crippen LogP contribution in [0.4, 0.5) is 17.6 Å². The molecule has 0 spiro atoms. The average molecular weight is 351 g/mol. The van der Waals surface area contributed by atoms with Crippen molar-refractivity contribution in [1.29, 1.82) is 0 Å². The second kappa shape index (κ2) is 5.93. The summed E-state index contributed by atoms with van der Waals surface area (Å²) in [6, 6.07) is 2.32. The van der Waals surface area contributed by atoms with Gasteiger partial charge < -0.3 is 0 Å². The lowest BCUT2D eigenvalue weighted by Gasteiger charge is -2.13. The standard InChI is InChI=1S/C13H13F4N3O2S/c1-8(2)19-23(21,22)12-5-6-18-20(12)11-7-9(13(15,16)17)3-4-10(11)14/h3-8,19H,1-2H3. The Morgan fingerprint density at radius 2 is 1.87 bits per heavy atom. The number of hydrogen-bond donors (Lipinski definition) is 1. The summed E-state index contributed by atoms with van der Waals surface area (Å²) in [7, 11) is -4.06. The van der Waals surface area contributed by atoms with Crippen LogP contribution in [0.3, 0.4) is 0 Å². The predicted octanol–water partition coefficient (Wildman–Crippen LogP) is 2.72. The average Bonchev–Trinajstić information content (AvgIpc) is 2.86. The van der Waals surface area contributed by atoms with Gasteiger partial charge in [0.1, 0.15) is 11.5 Å². The molecule has 0 atom stereocenters. The number of benzene rings is 1. The van der Waals surface area contributed by atoms with E-state index < -0.39 is 44.3 Å². The van der Waals surface area contributed by atoms with Gasteiger partial charge in [-0.1, -0.05) is 0 Å². The summed E-state index contributed by atoms with van der Waals surface area (Å²) in [4.78, 5) is 0. The van der Waals surface area contributed by atoms with Gasteiger partial charge in [0.2, 0.25) is 0 Å². The van der Waals surface area contributed by atoms with Crippen LogP contribution < -0.4 is 4.72 Å². The van der Waals surface area contributed by atoms with E-state index in [0.717, 1.165) is 12.3 Å². The Labute approximate surface area is 130 Å². The molecule has 1 aromatic carbocycles. The number of halogens is 4. The van der Waals surface area contributed by atoms with Crippen molar-refractivity contribution in [2.24, 2.45) is 0 Å². The molecule has 0 saturated heterocycles. The number of alkyl halides is 3. The van der Waals surface area contributed by atoms with Crippen molar-refractivity contribution in [3.05, 3.63) is 41.8 Å². The van der Waals surface area contributed by atoms with E-state index in [2.05, 4.69) is 9.82 Å². The first-order valence-corrected chi connectivity index (χ1v) is 7.94. The van der Waals surface area contributed by atoms with Gasteiger partial charge in [-0.25, -0.2) is 22.2 Å². The highest BCUT2D eigenvalue weighted by molar-refractivity contribution is 7.89. The van der Waals surface area contributed by atoms with Crippen molar-refractivity contribution >= 4 is 10.0 Å². The molecule has 0 fully saturated rings. The highest BCUT2D eigenvalue weighted by Crippen LogP contribution is 2.31. The maximum atomic E-state index is 13.9. The van der Waals surface area contributed by atoms with E-state index in [9.17, 15) is 26.0 Å². The first-order chi connectivity index (χ1) is 10.5. The summed E-state index contributed by atoms with van der Waals surface area (Å²) in [6.45, 7) is 3.15. The maximum Gasteiger partial charge on any atom is 0.416 e. The second-order valence-electron chi connectivity index (χ2n) is 5.02. The molecule has 1 aromatic heterocycles. The van der Waals surface area contributed by atoms with Crippen LogP contribution in [-0.4, -0.2) is 24.2 Å². The number of nitrogens with one attached hydrogen (secondary N) is 1. The van der Waals surface area contributed by atoms with Gasteiger partial charge in [0.05, 0.1) is 11.8 Å². The zero-order chi connectivity index (χ0) is 17.4. The molecule has 2 rings (SSSR count). The fourth-order valence-corrected chi connectivity index (χ4v) is 3.25. The Bertz CT molecular complexity index is 813. The van der Waals surface area contributed by atoms with Gasteiger partial charge in [0, 0.05) is 6.04 Å². The third-order valence-electron chi connectivity index (χ3n) is 2.78. The molecule has 1 heterocycles. The van der Waals surface area contributed by atoms with Gasteiger partial charge in [0.15, 0.2) is 5.03 Å². The van der Waals surface area contributed by atoms with Crippen molar-refractivity contribution in [2.45, 2.75) is 31.1 Å². The Kier molecular flexibility index (Phi) is 4.49. The molecule has 126 valence electrons. The highest BCUT2D eigenvalue weighted by atomic mass is 32.2. The van der Waals surface area contributed by atoms with Crippen molar-refractivity contribution < 1.29 is 26.0 Å². The Balaban J connectivity index is 2.60. The molecular formula is C13H13F4N3O2S. The highest BCUT2D eigenvalue weighted by Gasteiger charge is 2.32. The van der Waals surface area contributed by atoms with Crippen LogP contribution in [0, 0.1) is 5.82 Å². The fraction of sp³-hybridized carbons (Fsp3) is 0.308. The molecule has 0 amide bonds. The molecule has 2 aromatic rings. The second-order valence-corrected chi connectivity index (χ2v) is 6.68. The minimum atomic E-state index is -4.69. The van der Waals surface area contributed by atoms with Crippen molar-refractivity contribution in [2.75, 3.05) is 0 Å². The maximum absolute atomic E-state index is 13.9. The monoisotopic (exact) mass is 351 g/mol. The summed E-state index contributed by atoms with van der Waals surface area (Å²) in [5.41, 5.74) is -1.71. The molecule has 0 bridgehead atoms. The van der Waals surface area contributed by atoms with Crippen molar-refractivity contribution in [1.82, 2.24) is 14.5 Å². The van der Waals surface area contributed by atoms with Crippen LogP contribution in [-0.2, 0) is 16.2 Å². The number of rotatable bonds is 4. The first-order valence-electron chi connectivity index (χ1n) is 6.46. The quantitative estimate of drug-likeness (QED) is 0.862. The number of nitrogens with zero attached hydrogens (tertiary/aromatic N) is 2. The molecule has 0 aliphatic carbocycles. The number of hydrogen-bond acceptors (Lipinski definition) is 3. The van der Waals surface area contributed by atoms with Crippen LogP contribution in [0.15, 0.2) is 35.5 Å². The third-order valence-corrected chi connectivity index (χ3v) is 4.42. The summed E-state index contributed by atoms with van der Waals surface area (Å²) in [5.74, 6) is -1.03. The lowest BCUT2D eigenvalue weighted by atomic mass is 10.2. The van der Waals surface area contributed by atoms with E-state index in [1.807, 2.05) is 0 Å². The third kappa shape index (κ3) is 3.70. The van der Waals surface area contributed by atoms with Crippen LogP contribution >= 0.6 is 0 Å². The van der Waals surface area contributed by atoms with Gasteiger partial charge >= 0.3 is 6.18 Å². The smallest absolute Gasteiger partial charge is 0.218 e. The molecule has 5 nitrogen and oxygen atoms in total. The Morgan fingerprint density at radius 1 is 1.22 bits per heavy atom. The minimum Gasteiger partial charge on any atom is -0.218 e. The summed E-state index contributed by atoms with van der Waals surface area (Å²) >= 11 is 0. The zero-order valence-electron chi connectivity index (χ0n) is 12.1. The molecule has 0 aliphatic heterocycles. The molecule has 0 unspecified atom stereocenters. The molecule has 23 heavy (non-hydrogen) atoms. The zero-order valence-corrected chi connectivity index (χ0v) is 12.9. The summed E-state index contributed by atoms with van der Waals surface area (Å²) in [6.07, 6.45) is -3.63. The van der Waals surface area contributed by atoms with Crippen LogP contribution in [0.25, 0.3) is 5.69 Å².